The number of allylic oxidation sites excluding steroid dienone is 1. The Morgan fingerprint density at radius 1 is 1.28 bits per heavy atom. The Kier molecular flexibility index (Phi) is 6.91. The molecule has 0 bridgehead atoms. The molecular formula is C13H22N2O3. The van der Waals surface area contributed by atoms with Gasteiger partial charge in [0.05, 0.1) is 6.61 Å². The maximum absolute atomic E-state index is 11.3. The van der Waals surface area contributed by atoms with Crippen molar-refractivity contribution < 1.29 is 14.3 Å². The maximum Gasteiger partial charge on any atom is 0.325 e. The fourth-order valence-corrected chi connectivity index (χ4v) is 2.00. The number of ether oxygens (including phenoxy) is 1. The first-order valence-corrected chi connectivity index (χ1v) is 6.59. The smallest absolute Gasteiger partial charge is 0.325 e. The zero-order valence-corrected chi connectivity index (χ0v) is 10.9. The van der Waals surface area contributed by atoms with E-state index in [0.29, 0.717) is 12.5 Å². The lowest BCUT2D eigenvalue weighted by Crippen LogP contribution is -2.36. The standard InChI is InChI=1S/C13H22N2O3/c1-2-18-12(16)10-15-13(17)14-9-8-11-6-4-3-5-7-11/h8-9,11H,2-7,10H2,1H3,(H2,14,15,17)/b9-8+. The van der Waals surface area contributed by atoms with Gasteiger partial charge in [0.15, 0.2) is 0 Å². The van der Waals surface area contributed by atoms with Gasteiger partial charge in [0.2, 0.25) is 0 Å². The zero-order valence-electron chi connectivity index (χ0n) is 10.9. The molecule has 0 radical (unpaired) electrons. The average Bonchev–Trinajstić information content (AvgIpc) is 2.38. The first kappa shape index (κ1) is 14.5. The summed E-state index contributed by atoms with van der Waals surface area (Å²) in [5, 5.41) is 5.02. The monoisotopic (exact) mass is 254 g/mol. The Balaban J connectivity index is 2.12. The highest BCUT2D eigenvalue weighted by molar-refractivity contribution is 5.81. The molecule has 0 aromatic carbocycles. The van der Waals surface area contributed by atoms with Crippen molar-refractivity contribution in [2.24, 2.45) is 5.92 Å². The predicted molar refractivity (Wildman–Crippen MR) is 68.9 cm³/mol. The van der Waals surface area contributed by atoms with Crippen molar-refractivity contribution in [2.45, 2.75) is 39.0 Å². The van der Waals surface area contributed by atoms with Crippen molar-refractivity contribution in [3.05, 3.63) is 12.3 Å². The molecule has 1 saturated carbocycles. The van der Waals surface area contributed by atoms with Gasteiger partial charge < -0.3 is 15.4 Å². The third-order valence-corrected chi connectivity index (χ3v) is 2.93. The molecule has 18 heavy (non-hydrogen) atoms. The van der Waals surface area contributed by atoms with Crippen LogP contribution in [-0.2, 0) is 9.53 Å². The van der Waals surface area contributed by atoms with Gasteiger partial charge in [-0.25, -0.2) is 4.79 Å². The molecule has 5 nitrogen and oxygen atoms in total. The van der Waals surface area contributed by atoms with Gasteiger partial charge in [0.1, 0.15) is 6.54 Å². The summed E-state index contributed by atoms with van der Waals surface area (Å²) in [6.45, 7) is 1.95. The minimum atomic E-state index is -0.427. The summed E-state index contributed by atoms with van der Waals surface area (Å²) < 4.78 is 4.69. The predicted octanol–water partition coefficient (Wildman–Crippen LogP) is 1.94. The van der Waals surface area contributed by atoms with Gasteiger partial charge >= 0.3 is 12.0 Å². The minimum absolute atomic E-state index is 0.100. The van der Waals surface area contributed by atoms with E-state index in [9.17, 15) is 9.59 Å². The van der Waals surface area contributed by atoms with Crippen LogP contribution in [0.25, 0.3) is 0 Å². The van der Waals surface area contributed by atoms with E-state index in [1.165, 1.54) is 32.1 Å². The molecule has 1 aliphatic rings. The van der Waals surface area contributed by atoms with Gasteiger partial charge in [0, 0.05) is 6.20 Å². The van der Waals surface area contributed by atoms with Crippen molar-refractivity contribution in [1.29, 1.82) is 0 Å². The van der Waals surface area contributed by atoms with Crippen LogP contribution in [0.3, 0.4) is 0 Å². The summed E-state index contributed by atoms with van der Waals surface area (Å²) >= 11 is 0. The number of rotatable bonds is 5. The fraction of sp³-hybridized carbons (Fsp3) is 0.692. The second kappa shape index (κ2) is 8.55. The van der Waals surface area contributed by atoms with Crippen LogP contribution < -0.4 is 10.6 Å². The first-order valence-electron chi connectivity index (χ1n) is 6.59. The van der Waals surface area contributed by atoms with Crippen LogP contribution in [0, 0.1) is 5.92 Å². The summed E-state index contributed by atoms with van der Waals surface area (Å²) in [4.78, 5) is 22.3. The Morgan fingerprint density at radius 3 is 2.67 bits per heavy atom. The molecule has 0 aliphatic heterocycles. The van der Waals surface area contributed by atoms with Crippen LogP contribution in [0.1, 0.15) is 39.0 Å². The molecule has 0 aromatic rings. The summed E-state index contributed by atoms with van der Waals surface area (Å²) in [6.07, 6.45) is 9.94. The highest BCUT2D eigenvalue weighted by Gasteiger charge is 2.09. The number of nitrogens with one attached hydrogen (secondary N) is 2. The van der Waals surface area contributed by atoms with Crippen molar-refractivity contribution in [2.75, 3.05) is 13.2 Å². The molecule has 0 heterocycles. The van der Waals surface area contributed by atoms with E-state index in [4.69, 9.17) is 4.74 Å². The number of hydrogen-bond acceptors (Lipinski definition) is 3. The quantitative estimate of drug-likeness (QED) is 0.737. The van der Waals surface area contributed by atoms with Crippen LogP contribution in [0.5, 0.6) is 0 Å². The van der Waals surface area contributed by atoms with E-state index in [1.807, 2.05) is 6.08 Å². The topological polar surface area (TPSA) is 67.4 Å². The molecule has 1 fully saturated rings. The number of carbonyl (C=O) groups excluding carboxylic acids is 2. The number of hydrogen-bond donors (Lipinski definition) is 2. The van der Waals surface area contributed by atoms with E-state index < -0.39 is 5.97 Å². The Bertz CT molecular complexity index is 297. The summed E-state index contributed by atoms with van der Waals surface area (Å²) in [5.74, 6) is 0.146. The van der Waals surface area contributed by atoms with Crippen molar-refractivity contribution >= 4 is 12.0 Å². The van der Waals surface area contributed by atoms with Crippen molar-refractivity contribution in [3.63, 3.8) is 0 Å². The summed E-state index contributed by atoms with van der Waals surface area (Å²) in [6, 6.07) is -0.380. The maximum atomic E-state index is 11.3. The molecule has 0 saturated heterocycles. The number of urea groups is 1. The molecule has 5 heteroatoms. The van der Waals surface area contributed by atoms with Crippen molar-refractivity contribution in [1.82, 2.24) is 10.6 Å². The van der Waals surface area contributed by atoms with Gasteiger partial charge in [-0.15, -0.1) is 0 Å². The average molecular weight is 254 g/mol. The van der Waals surface area contributed by atoms with E-state index in [0.717, 1.165) is 0 Å². The summed E-state index contributed by atoms with van der Waals surface area (Å²) in [5.41, 5.74) is 0. The van der Waals surface area contributed by atoms with Crippen LogP contribution in [0.15, 0.2) is 12.3 Å². The SMILES string of the molecule is CCOC(=O)CNC(=O)N/C=C/C1CCCCC1. The third kappa shape index (κ3) is 6.27. The fourth-order valence-electron chi connectivity index (χ4n) is 2.00. The van der Waals surface area contributed by atoms with Gasteiger partial charge in [-0.1, -0.05) is 25.3 Å². The van der Waals surface area contributed by atoms with Crippen LogP contribution in [-0.4, -0.2) is 25.2 Å². The molecule has 1 aliphatic carbocycles. The van der Waals surface area contributed by atoms with Gasteiger partial charge in [-0.2, -0.15) is 0 Å². The third-order valence-electron chi connectivity index (χ3n) is 2.93. The molecular weight excluding hydrogens is 232 g/mol. The van der Waals surface area contributed by atoms with Crippen LogP contribution in [0.2, 0.25) is 0 Å². The number of carbonyl (C=O) groups is 2. The highest BCUT2D eigenvalue weighted by atomic mass is 16.5. The van der Waals surface area contributed by atoms with E-state index in [2.05, 4.69) is 10.6 Å². The van der Waals surface area contributed by atoms with Gasteiger partial charge in [-0.3, -0.25) is 4.79 Å². The second-order valence-electron chi connectivity index (χ2n) is 4.39. The lowest BCUT2D eigenvalue weighted by Gasteiger charge is -2.17. The Morgan fingerprint density at radius 2 is 2.00 bits per heavy atom. The summed E-state index contributed by atoms with van der Waals surface area (Å²) in [7, 11) is 0. The Hall–Kier alpha value is -1.52. The highest BCUT2D eigenvalue weighted by Crippen LogP contribution is 2.24. The zero-order chi connectivity index (χ0) is 13.2. The largest absolute Gasteiger partial charge is 0.465 e. The molecule has 0 unspecified atom stereocenters. The molecule has 1 rings (SSSR count). The van der Waals surface area contributed by atoms with E-state index >= 15 is 0 Å². The lowest BCUT2D eigenvalue weighted by atomic mass is 9.89. The van der Waals surface area contributed by atoms with Crippen molar-refractivity contribution in [3.8, 4) is 0 Å². The van der Waals surface area contributed by atoms with E-state index in [-0.39, 0.29) is 12.6 Å². The van der Waals surface area contributed by atoms with Crippen LogP contribution in [0.4, 0.5) is 4.79 Å². The molecule has 0 aromatic heterocycles. The molecule has 2 amide bonds. The molecule has 0 atom stereocenters. The minimum Gasteiger partial charge on any atom is -0.465 e. The van der Waals surface area contributed by atoms with Gasteiger partial charge in [-0.05, 0) is 25.7 Å². The van der Waals surface area contributed by atoms with Crippen LogP contribution >= 0.6 is 0 Å². The normalized spacial score (nSPS) is 16.5. The number of amides is 2. The number of esters is 1. The molecule has 0 spiro atoms. The first-order chi connectivity index (χ1) is 8.72. The van der Waals surface area contributed by atoms with Gasteiger partial charge in [0.25, 0.3) is 0 Å². The molecule has 102 valence electrons. The lowest BCUT2D eigenvalue weighted by molar-refractivity contribution is -0.141. The molecule has 2 N–H and O–H groups in total. The second-order valence-corrected chi connectivity index (χ2v) is 4.39. The Labute approximate surface area is 108 Å². The van der Waals surface area contributed by atoms with E-state index in [1.54, 1.807) is 13.1 Å².